The molecular weight excluding hydrogens is 259 g/mol. The van der Waals surface area contributed by atoms with Gasteiger partial charge in [-0.2, -0.15) is 0 Å². The molecule has 0 aliphatic heterocycles. The van der Waals surface area contributed by atoms with Crippen LogP contribution in [0.2, 0.25) is 0 Å². The number of aromatic nitrogens is 2. The Bertz CT molecular complexity index is 787. The Morgan fingerprint density at radius 2 is 2.16 bits per heavy atom. The van der Waals surface area contributed by atoms with E-state index in [0.717, 1.165) is 32.8 Å². The molecule has 3 aromatic heterocycles. The normalized spacial score (nSPS) is 13.6. The lowest BCUT2D eigenvalue weighted by molar-refractivity contribution is 0.619. The highest BCUT2D eigenvalue weighted by Gasteiger charge is 2.19. The molecule has 0 atom stereocenters. The van der Waals surface area contributed by atoms with Gasteiger partial charge in [0.25, 0.3) is 0 Å². The topological polar surface area (TPSA) is 25.8 Å². The van der Waals surface area contributed by atoms with Crippen molar-refractivity contribution in [3.8, 4) is 0 Å². The molecular formula is C15H9FN2S. The SMILES string of the molecule is Fc1cnc2c(c1)C(c1cc3ccncc3s1)=CC2. The predicted octanol–water partition coefficient (Wildman–Crippen LogP) is 3.82. The Kier molecular flexibility index (Phi) is 2.26. The lowest BCUT2D eigenvalue weighted by Gasteiger charge is -2.02. The van der Waals surface area contributed by atoms with Crippen molar-refractivity contribution in [1.82, 2.24) is 9.97 Å². The quantitative estimate of drug-likeness (QED) is 0.670. The second-order valence-corrected chi connectivity index (χ2v) is 5.58. The van der Waals surface area contributed by atoms with Gasteiger partial charge in [0.2, 0.25) is 0 Å². The van der Waals surface area contributed by atoms with E-state index in [9.17, 15) is 4.39 Å². The zero-order valence-electron chi connectivity index (χ0n) is 9.93. The second kappa shape index (κ2) is 3.96. The van der Waals surface area contributed by atoms with Crippen molar-refractivity contribution in [1.29, 1.82) is 0 Å². The first-order chi connectivity index (χ1) is 9.31. The number of hydrogen-bond acceptors (Lipinski definition) is 3. The largest absolute Gasteiger partial charge is 0.263 e. The number of thiophene rings is 1. The smallest absolute Gasteiger partial charge is 0.142 e. The van der Waals surface area contributed by atoms with E-state index in [-0.39, 0.29) is 5.82 Å². The fourth-order valence-corrected chi connectivity index (χ4v) is 3.51. The van der Waals surface area contributed by atoms with Crippen molar-refractivity contribution in [2.75, 3.05) is 0 Å². The van der Waals surface area contributed by atoms with Crippen LogP contribution in [0.1, 0.15) is 16.1 Å². The third kappa shape index (κ3) is 1.68. The predicted molar refractivity (Wildman–Crippen MR) is 74.6 cm³/mol. The summed E-state index contributed by atoms with van der Waals surface area (Å²) >= 11 is 1.68. The molecule has 3 aromatic rings. The summed E-state index contributed by atoms with van der Waals surface area (Å²) in [5, 5.41) is 1.17. The van der Waals surface area contributed by atoms with E-state index >= 15 is 0 Å². The number of nitrogens with zero attached hydrogens (tertiary/aromatic N) is 2. The summed E-state index contributed by atoms with van der Waals surface area (Å²) in [6.45, 7) is 0. The highest BCUT2D eigenvalue weighted by Crippen LogP contribution is 2.37. The van der Waals surface area contributed by atoms with E-state index in [1.54, 1.807) is 23.6 Å². The fraction of sp³-hybridized carbons (Fsp3) is 0.0667. The molecule has 19 heavy (non-hydrogen) atoms. The number of hydrogen-bond donors (Lipinski definition) is 0. The van der Waals surface area contributed by atoms with Gasteiger partial charge >= 0.3 is 0 Å². The summed E-state index contributed by atoms with van der Waals surface area (Å²) in [7, 11) is 0. The van der Waals surface area contributed by atoms with Crippen molar-refractivity contribution in [2.45, 2.75) is 6.42 Å². The Morgan fingerprint density at radius 3 is 3.05 bits per heavy atom. The molecule has 0 amide bonds. The van der Waals surface area contributed by atoms with Crippen LogP contribution in [-0.2, 0) is 6.42 Å². The van der Waals surface area contributed by atoms with Gasteiger partial charge in [0.1, 0.15) is 5.82 Å². The first-order valence-corrected chi connectivity index (χ1v) is 6.82. The molecule has 0 N–H and O–H groups in total. The van der Waals surface area contributed by atoms with Gasteiger partial charge in [0, 0.05) is 29.3 Å². The number of allylic oxidation sites excluding steroid dienone is 1. The summed E-state index contributed by atoms with van der Waals surface area (Å²) in [6.07, 6.45) is 7.83. The molecule has 4 heteroatoms. The zero-order valence-corrected chi connectivity index (χ0v) is 10.7. The van der Waals surface area contributed by atoms with E-state index in [1.807, 2.05) is 12.3 Å². The third-order valence-corrected chi connectivity index (χ3v) is 4.43. The van der Waals surface area contributed by atoms with Crippen LogP contribution >= 0.6 is 11.3 Å². The molecule has 0 aromatic carbocycles. The first kappa shape index (κ1) is 10.8. The van der Waals surface area contributed by atoms with Crippen molar-refractivity contribution in [3.63, 3.8) is 0 Å². The summed E-state index contributed by atoms with van der Waals surface area (Å²) in [5.74, 6) is -0.283. The van der Waals surface area contributed by atoms with Gasteiger partial charge in [-0.3, -0.25) is 9.97 Å². The van der Waals surface area contributed by atoms with E-state index < -0.39 is 0 Å². The van der Waals surface area contributed by atoms with Crippen LogP contribution in [0.3, 0.4) is 0 Å². The Labute approximate surface area is 113 Å². The van der Waals surface area contributed by atoms with Gasteiger partial charge in [-0.1, -0.05) is 6.08 Å². The average molecular weight is 268 g/mol. The number of pyridine rings is 2. The maximum Gasteiger partial charge on any atom is 0.142 e. The van der Waals surface area contributed by atoms with Crippen molar-refractivity contribution in [3.05, 3.63) is 64.8 Å². The minimum absolute atomic E-state index is 0.283. The molecule has 0 bridgehead atoms. The van der Waals surface area contributed by atoms with Gasteiger partial charge < -0.3 is 0 Å². The third-order valence-electron chi connectivity index (χ3n) is 3.31. The van der Waals surface area contributed by atoms with Crippen LogP contribution in [0.15, 0.2) is 42.9 Å². The van der Waals surface area contributed by atoms with Crippen molar-refractivity contribution < 1.29 is 4.39 Å². The van der Waals surface area contributed by atoms with Crippen LogP contribution in [0.5, 0.6) is 0 Å². The highest BCUT2D eigenvalue weighted by molar-refractivity contribution is 7.20. The van der Waals surface area contributed by atoms with Gasteiger partial charge in [-0.25, -0.2) is 4.39 Å². The van der Waals surface area contributed by atoms with E-state index in [1.165, 1.54) is 11.6 Å². The lowest BCUT2D eigenvalue weighted by atomic mass is 10.1. The van der Waals surface area contributed by atoms with E-state index in [2.05, 4.69) is 22.1 Å². The first-order valence-electron chi connectivity index (χ1n) is 6.00. The van der Waals surface area contributed by atoms with Crippen LogP contribution in [0.25, 0.3) is 15.7 Å². The van der Waals surface area contributed by atoms with Gasteiger partial charge in [0.15, 0.2) is 0 Å². The van der Waals surface area contributed by atoms with Gasteiger partial charge in [0.05, 0.1) is 16.6 Å². The van der Waals surface area contributed by atoms with Crippen LogP contribution in [0.4, 0.5) is 4.39 Å². The molecule has 2 nitrogen and oxygen atoms in total. The molecule has 3 heterocycles. The van der Waals surface area contributed by atoms with E-state index in [4.69, 9.17) is 0 Å². The number of fused-ring (bicyclic) bond motifs is 2. The Balaban J connectivity index is 1.89. The molecule has 0 fully saturated rings. The molecule has 0 radical (unpaired) electrons. The number of halogens is 1. The van der Waals surface area contributed by atoms with E-state index in [0.29, 0.717) is 0 Å². The molecule has 4 rings (SSSR count). The molecule has 0 unspecified atom stereocenters. The summed E-state index contributed by atoms with van der Waals surface area (Å²) in [4.78, 5) is 9.43. The maximum absolute atomic E-state index is 13.4. The minimum Gasteiger partial charge on any atom is -0.263 e. The summed E-state index contributed by atoms with van der Waals surface area (Å²) in [6, 6.07) is 5.70. The molecule has 0 saturated heterocycles. The summed E-state index contributed by atoms with van der Waals surface area (Å²) < 4.78 is 14.5. The lowest BCUT2D eigenvalue weighted by Crippen LogP contribution is -1.91. The molecule has 1 aliphatic rings. The van der Waals surface area contributed by atoms with Crippen molar-refractivity contribution >= 4 is 27.0 Å². The monoisotopic (exact) mass is 268 g/mol. The highest BCUT2D eigenvalue weighted by atomic mass is 32.1. The summed E-state index contributed by atoms with van der Waals surface area (Å²) in [5.41, 5.74) is 2.95. The second-order valence-electron chi connectivity index (χ2n) is 4.49. The maximum atomic E-state index is 13.4. The molecule has 1 aliphatic carbocycles. The van der Waals surface area contributed by atoms with Crippen LogP contribution < -0.4 is 0 Å². The molecule has 0 saturated carbocycles. The van der Waals surface area contributed by atoms with Gasteiger partial charge in [-0.05, 0) is 29.2 Å². The standard InChI is InChI=1S/C15H9FN2S/c16-10-6-12-11(1-2-13(12)18-7-10)14-5-9-3-4-17-8-15(9)19-14/h1,3-8H,2H2. The van der Waals surface area contributed by atoms with Crippen molar-refractivity contribution in [2.24, 2.45) is 0 Å². The minimum atomic E-state index is -0.283. The number of rotatable bonds is 1. The Hall–Kier alpha value is -2.07. The Morgan fingerprint density at radius 1 is 1.21 bits per heavy atom. The fourth-order valence-electron chi connectivity index (χ4n) is 2.42. The average Bonchev–Trinajstić information content (AvgIpc) is 3.00. The molecule has 92 valence electrons. The van der Waals surface area contributed by atoms with Crippen LogP contribution in [0, 0.1) is 5.82 Å². The zero-order chi connectivity index (χ0) is 12.8. The van der Waals surface area contributed by atoms with Crippen LogP contribution in [-0.4, -0.2) is 9.97 Å². The van der Waals surface area contributed by atoms with Gasteiger partial charge in [-0.15, -0.1) is 11.3 Å². The molecule has 0 spiro atoms.